The highest BCUT2D eigenvalue weighted by molar-refractivity contribution is 5.88. The standard InChI is InChI=1S/C9H8N2O.ClH/c10-7-3-1-2-6-4-5-8(12)11-9(6)7;/h1-5H,10H2,(H,11,12);1H. The number of aromatic amines is 1. The number of fused-ring (bicyclic) bond motifs is 1. The predicted octanol–water partition coefficient (Wildman–Crippen LogP) is 1.53. The number of nitrogens with one attached hydrogen (secondary N) is 1. The van der Waals surface area contributed by atoms with E-state index in [-0.39, 0.29) is 18.0 Å². The number of anilines is 1. The Labute approximate surface area is 81.0 Å². The van der Waals surface area contributed by atoms with Crippen LogP contribution in [0.4, 0.5) is 5.69 Å². The fourth-order valence-corrected chi connectivity index (χ4v) is 1.20. The minimum Gasteiger partial charge on any atom is -0.397 e. The summed E-state index contributed by atoms with van der Waals surface area (Å²) in [5.41, 5.74) is 6.85. The zero-order chi connectivity index (χ0) is 8.55. The maximum Gasteiger partial charge on any atom is 0.248 e. The van der Waals surface area contributed by atoms with Gasteiger partial charge < -0.3 is 10.7 Å². The molecule has 68 valence electrons. The van der Waals surface area contributed by atoms with Gasteiger partial charge in [0.1, 0.15) is 0 Å². The third-order valence-corrected chi connectivity index (χ3v) is 1.79. The van der Waals surface area contributed by atoms with Crippen molar-refractivity contribution in [2.75, 3.05) is 5.73 Å². The van der Waals surface area contributed by atoms with Gasteiger partial charge in [0.05, 0.1) is 11.2 Å². The molecule has 2 rings (SSSR count). The van der Waals surface area contributed by atoms with Gasteiger partial charge in [0.2, 0.25) is 5.56 Å². The first kappa shape index (κ1) is 9.61. The van der Waals surface area contributed by atoms with Crippen molar-refractivity contribution in [3.63, 3.8) is 0 Å². The number of aromatic nitrogens is 1. The molecule has 2 aromatic rings. The predicted molar refractivity (Wildman–Crippen MR) is 56.2 cm³/mol. The average Bonchev–Trinajstić information content (AvgIpc) is 2.07. The van der Waals surface area contributed by atoms with E-state index in [0.717, 1.165) is 5.39 Å². The van der Waals surface area contributed by atoms with Crippen LogP contribution in [-0.2, 0) is 0 Å². The van der Waals surface area contributed by atoms with Crippen LogP contribution in [0.1, 0.15) is 0 Å². The molecule has 0 atom stereocenters. The Morgan fingerprint density at radius 1 is 1.15 bits per heavy atom. The van der Waals surface area contributed by atoms with Crippen molar-refractivity contribution in [2.45, 2.75) is 0 Å². The second-order valence-electron chi connectivity index (χ2n) is 2.63. The van der Waals surface area contributed by atoms with Crippen LogP contribution >= 0.6 is 12.4 Å². The summed E-state index contributed by atoms with van der Waals surface area (Å²) >= 11 is 0. The van der Waals surface area contributed by atoms with Crippen LogP contribution in [0.3, 0.4) is 0 Å². The van der Waals surface area contributed by atoms with E-state index in [2.05, 4.69) is 4.98 Å². The molecule has 0 aliphatic heterocycles. The van der Waals surface area contributed by atoms with Crippen LogP contribution < -0.4 is 11.3 Å². The van der Waals surface area contributed by atoms with Gasteiger partial charge >= 0.3 is 0 Å². The van der Waals surface area contributed by atoms with Crippen molar-refractivity contribution in [3.8, 4) is 0 Å². The summed E-state index contributed by atoms with van der Waals surface area (Å²) < 4.78 is 0. The van der Waals surface area contributed by atoms with E-state index in [1.54, 1.807) is 12.1 Å². The normalized spacial score (nSPS) is 9.54. The van der Waals surface area contributed by atoms with Crippen molar-refractivity contribution in [2.24, 2.45) is 0 Å². The molecule has 0 bridgehead atoms. The van der Waals surface area contributed by atoms with Crippen LogP contribution in [-0.4, -0.2) is 4.98 Å². The van der Waals surface area contributed by atoms with Crippen molar-refractivity contribution in [1.29, 1.82) is 0 Å². The van der Waals surface area contributed by atoms with E-state index in [0.29, 0.717) is 11.2 Å². The third kappa shape index (κ3) is 1.65. The van der Waals surface area contributed by atoms with E-state index in [1.807, 2.05) is 12.1 Å². The van der Waals surface area contributed by atoms with E-state index in [1.165, 1.54) is 6.07 Å². The molecule has 1 aromatic heterocycles. The molecule has 0 radical (unpaired) electrons. The van der Waals surface area contributed by atoms with Crippen LogP contribution in [0.2, 0.25) is 0 Å². The summed E-state index contributed by atoms with van der Waals surface area (Å²) in [5, 5.41) is 0.953. The summed E-state index contributed by atoms with van der Waals surface area (Å²) in [6.45, 7) is 0. The van der Waals surface area contributed by atoms with Crippen molar-refractivity contribution < 1.29 is 0 Å². The van der Waals surface area contributed by atoms with Crippen LogP contribution in [0.5, 0.6) is 0 Å². The molecule has 0 spiro atoms. The maximum atomic E-state index is 10.9. The average molecular weight is 197 g/mol. The zero-order valence-electron chi connectivity index (χ0n) is 6.78. The van der Waals surface area contributed by atoms with Crippen LogP contribution in [0, 0.1) is 0 Å². The van der Waals surface area contributed by atoms with Gasteiger partial charge in [-0.1, -0.05) is 12.1 Å². The van der Waals surface area contributed by atoms with Gasteiger partial charge in [0, 0.05) is 11.5 Å². The fraction of sp³-hybridized carbons (Fsp3) is 0. The minimum atomic E-state index is -0.125. The molecule has 0 fully saturated rings. The van der Waals surface area contributed by atoms with E-state index in [9.17, 15) is 4.79 Å². The van der Waals surface area contributed by atoms with Crippen LogP contribution in [0.15, 0.2) is 35.1 Å². The lowest BCUT2D eigenvalue weighted by molar-refractivity contribution is 1.31. The molecule has 0 aliphatic carbocycles. The SMILES string of the molecule is Cl.Nc1cccc2ccc(=O)[nH]c12. The second-order valence-corrected chi connectivity index (χ2v) is 2.63. The highest BCUT2D eigenvalue weighted by Crippen LogP contribution is 2.15. The van der Waals surface area contributed by atoms with Gasteiger partial charge in [-0.2, -0.15) is 0 Å². The Morgan fingerprint density at radius 3 is 2.69 bits per heavy atom. The highest BCUT2D eigenvalue weighted by Gasteiger charge is 1.95. The molecule has 0 amide bonds. The number of nitrogen functional groups attached to an aromatic ring is 1. The fourth-order valence-electron chi connectivity index (χ4n) is 1.20. The molecule has 3 nitrogen and oxygen atoms in total. The number of pyridine rings is 1. The first-order valence-corrected chi connectivity index (χ1v) is 3.65. The lowest BCUT2D eigenvalue weighted by atomic mass is 10.2. The Balaban J connectivity index is 0.000000845. The lowest BCUT2D eigenvalue weighted by Crippen LogP contribution is -2.03. The van der Waals surface area contributed by atoms with Gasteiger partial charge in [-0.3, -0.25) is 4.79 Å². The topological polar surface area (TPSA) is 58.9 Å². The molecule has 0 aliphatic rings. The second kappa shape index (κ2) is 3.49. The van der Waals surface area contributed by atoms with Gasteiger partial charge in [0.25, 0.3) is 0 Å². The minimum absolute atomic E-state index is 0. The third-order valence-electron chi connectivity index (χ3n) is 1.79. The smallest absolute Gasteiger partial charge is 0.248 e. The summed E-state index contributed by atoms with van der Waals surface area (Å²) in [6.07, 6.45) is 0. The summed E-state index contributed by atoms with van der Waals surface area (Å²) in [5.74, 6) is 0. The number of benzene rings is 1. The molecular weight excluding hydrogens is 188 g/mol. The number of rotatable bonds is 0. The van der Waals surface area contributed by atoms with Gasteiger partial charge in [-0.05, 0) is 12.1 Å². The van der Waals surface area contributed by atoms with Crippen molar-refractivity contribution in [1.82, 2.24) is 4.98 Å². The number of halogens is 1. The molecular formula is C9H9ClN2O. The molecule has 1 heterocycles. The Morgan fingerprint density at radius 2 is 1.92 bits per heavy atom. The number of H-pyrrole nitrogens is 1. The Bertz CT molecular complexity index is 478. The monoisotopic (exact) mass is 196 g/mol. The van der Waals surface area contributed by atoms with Gasteiger partial charge in [0.15, 0.2) is 0 Å². The number of hydrogen-bond acceptors (Lipinski definition) is 2. The highest BCUT2D eigenvalue weighted by atomic mass is 35.5. The first-order valence-electron chi connectivity index (χ1n) is 3.65. The van der Waals surface area contributed by atoms with Crippen molar-refractivity contribution >= 4 is 29.0 Å². The van der Waals surface area contributed by atoms with Crippen molar-refractivity contribution in [3.05, 3.63) is 40.7 Å². The zero-order valence-corrected chi connectivity index (χ0v) is 7.60. The summed E-state index contributed by atoms with van der Waals surface area (Å²) in [4.78, 5) is 13.6. The number of para-hydroxylation sites is 1. The summed E-state index contributed by atoms with van der Waals surface area (Å²) in [6, 6.07) is 8.77. The maximum absolute atomic E-state index is 10.9. The van der Waals surface area contributed by atoms with E-state index >= 15 is 0 Å². The first-order chi connectivity index (χ1) is 5.77. The van der Waals surface area contributed by atoms with Gasteiger partial charge in [-0.15, -0.1) is 12.4 Å². The Kier molecular flexibility index (Phi) is 2.58. The number of hydrogen-bond donors (Lipinski definition) is 2. The van der Waals surface area contributed by atoms with Gasteiger partial charge in [-0.25, -0.2) is 0 Å². The van der Waals surface area contributed by atoms with E-state index in [4.69, 9.17) is 5.73 Å². The number of nitrogens with two attached hydrogens (primary N) is 1. The molecule has 0 unspecified atom stereocenters. The Hall–Kier alpha value is -1.48. The van der Waals surface area contributed by atoms with Crippen LogP contribution in [0.25, 0.3) is 10.9 Å². The molecule has 0 saturated carbocycles. The van der Waals surface area contributed by atoms with E-state index < -0.39 is 0 Å². The molecule has 1 aromatic carbocycles. The largest absolute Gasteiger partial charge is 0.397 e. The molecule has 3 N–H and O–H groups in total. The quantitative estimate of drug-likeness (QED) is 0.628. The molecule has 4 heteroatoms. The molecule has 13 heavy (non-hydrogen) atoms. The summed E-state index contributed by atoms with van der Waals surface area (Å²) in [7, 11) is 0. The molecule has 0 saturated heterocycles. The lowest BCUT2D eigenvalue weighted by Gasteiger charge is -1.98.